The molecule has 25 heavy (non-hydrogen) atoms. The van der Waals surface area contributed by atoms with Gasteiger partial charge in [0.15, 0.2) is 6.61 Å². The normalized spacial score (nSPS) is 12.8. The molecule has 0 unspecified atom stereocenters. The number of benzene rings is 2. The average Bonchev–Trinajstić information content (AvgIpc) is 2.60. The first-order chi connectivity index (χ1) is 12.1. The highest BCUT2D eigenvalue weighted by Crippen LogP contribution is 2.28. The molecule has 0 atom stereocenters. The van der Waals surface area contributed by atoms with Crippen LogP contribution in [-0.2, 0) is 22.4 Å². The summed E-state index contributed by atoms with van der Waals surface area (Å²) >= 11 is 0. The number of anilines is 1. The molecule has 5 heteroatoms. The fourth-order valence-corrected chi connectivity index (χ4v) is 2.85. The molecule has 2 aromatic carbocycles. The minimum absolute atomic E-state index is 0.0519. The first kappa shape index (κ1) is 17.0. The molecule has 0 saturated heterocycles. The van der Waals surface area contributed by atoms with E-state index in [4.69, 9.17) is 4.74 Å². The summed E-state index contributed by atoms with van der Waals surface area (Å²) in [5.74, 6) is 0.593. The van der Waals surface area contributed by atoms with Crippen LogP contribution >= 0.6 is 0 Å². The van der Waals surface area contributed by atoms with Crippen LogP contribution in [0.25, 0.3) is 0 Å². The van der Waals surface area contributed by atoms with E-state index in [2.05, 4.69) is 29.7 Å². The van der Waals surface area contributed by atoms with Gasteiger partial charge < -0.3 is 15.4 Å². The molecule has 0 aliphatic carbocycles. The standard InChI is InChI=1S/C20H22N2O3/c1-14-3-2-4-15(11-14)6-8-19(23)21-10-9-16-5-7-18-17(12-16)22-20(24)13-25-18/h2-5,7,11-12H,6,8-10,13H2,1H3,(H,21,23)(H,22,24). The van der Waals surface area contributed by atoms with Crippen molar-refractivity contribution < 1.29 is 14.3 Å². The summed E-state index contributed by atoms with van der Waals surface area (Å²) in [6.07, 6.45) is 1.94. The second kappa shape index (κ2) is 7.83. The Balaban J connectivity index is 1.44. The van der Waals surface area contributed by atoms with Gasteiger partial charge in [-0.15, -0.1) is 0 Å². The van der Waals surface area contributed by atoms with E-state index < -0.39 is 0 Å². The monoisotopic (exact) mass is 338 g/mol. The van der Waals surface area contributed by atoms with Crippen LogP contribution in [0.15, 0.2) is 42.5 Å². The van der Waals surface area contributed by atoms with Gasteiger partial charge in [-0.05, 0) is 43.0 Å². The van der Waals surface area contributed by atoms with Crippen LogP contribution in [0.2, 0.25) is 0 Å². The molecule has 1 aliphatic heterocycles. The Hall–Kier alpha value is -2.82. The Morgan fingerprint density at radius 1 is 1.16 bits per heavy atom. The zero-order chi connectivity index (χ0) is 17.6. The van der Waals surface area contributed by atoms with Crippen molar-refractivity contribution >= 4 is 17.5 Å². The maximum absolute atomic E-state index is 12.0. The predicted octanol–water partition coefficient (Wildman–Crippen LogP) is 2.62. The Morgan fingerprint density at radius 2 is 2.00 bits per heavy atom. The number of nitrogens with one attached hydrogen (secondary N) is 2. The molecule has 0 radical (unpaired) electrons. The predicted molar refractivity (Wildman–Crippen MR) is 96.8 cm³/mol. The molecule has 2 N–H and O–H groups in total. The molecule has 2 aromatic rings. The molecule has 0 fully saturated rings. The zero-order valence-corrected chi connectivity index (χ0v) is 14.3. The number of hydrogen-bond donors (Lipinski definition) is 2. The Bertz CT molecular complexity index is 786. The molecule has 1 aliphatic rings. The lowest BCUT2D eigenvalue weighted by atomic mass is 10.1. The number of hydrogen-bond acceptors (Lipinski definition) is 3. The first-order valence-corrected chi connectivity index (χ1v) is 8.48. The minimum Gasteiger partial charge on any atom is -0.482 e. The van der Waals surface area contributed by atoms with E-state index in [0.29, 0.717) is 30.8 Å². The third kappa shape index (κ3) is 4.83. The third-order valence-corrected chi connectivity index (χ3v) is 4.14. The number of carbonyl (C=O) groups excluding carboxylic acids is 2. The van der Waals surface area contributed by atoms with E-state index in [-0.39, 0.29) is 18.4 Å². The van der Waals surface area contributed by atoms with Gasteiger partial charge in [0.25, 0.3) is 5.91 Å². The van der Waals surface area contributed by atoms with Gasteiger partial charge in [0.2, 0.25) is 5.91 Å². The van der Waals surface area contributed by atoms with E-state index in [1.54, 1.807) is 0 Å². The van der Waals surface area contributed by atoms with Crippen molar-refractivity contribution in [2.45, 2.75) is 26.2 Å². The average molecular weight is 338 g/mol. The fourth-order valence-electron chi connectivity index (χ4n) is 2.85. The van der Waals surface area contributed by atoms with Crippen molar-refractivity contribution in [1.82, 2.24) is 5.32 Å². The maximum atomic E-state index is 12.0. The maximum Gasteiger partial charge on any atom is 0.262 e. The van der Waals surface area contributed by atoms with Crippen molar-refractivity contribution in [3.63, 3.8) is 0 Å². The highest BCUT2D eigenvalue weighted by molar-refractivity contribution is 5.95. The smallest absolute Gasteiger partial charge is 0.262 e. The summed E-state index contributed by atoms with van der Waals surface area (Å²) in [4.78, 5) is 23.3. The van der Waals surface area contributed by atoms with E-state index in [1.165, 1.54) is 11.1 Å². The molecular formula is C20H22N2O3. The van der Waals surface area contributed by atoms with E-state index in [0.717, 1.165) is 12.0 Å². The fraction of sp³-hybridized carbons (Fsp3) is 0.300. The molecule has 0 aromatic heterocycles. The quantitative estimate of drug-likeness (QED) is 0.851. The van der Waals surface area contributed by atoms with Crippen molar-refractivity contribution in [1.29, 1.82) is 0 Å². The molecule has 130 valence electrons. The topological polar surface area (TPSA) is 67.4 Å². The molecule has 2 amide bonds. The lowest BCUT2D eigenvalue weighted by Crippen LogP contribution is -2.26. The van der Waals surface area contributed by atoms with Crippen LogP contribution < -0.4 is 15.4 Å². The van der Waals surface area contributed by atoms with Gasteiger partial charge in [-0.2, -0.15) is 0 Å². The lowest BCUT2D eigenvalue weighted by molar-refractivity contribution is -0.121. The summed E-state index contributed by atoms with van der Waals surface area (Å²) < 4.78 is 5.33. The largest absolute Gasteiger partial charge is 0.482 e. The molecule has 3 rings (SSSR count). The second-order valence-electron chi connectivity index (χ2n) is 6.26. The van der Waals surface area contributed by atoms with Crippen molar-refractivity contribution in [2.75, 3.05) is 18.5 Å². The Kier molecular flexibility index (Phi) is 5.33. The number of carbonyl (C=O) groups is 2. The zero-order valence-electron chi connectivity index (χ0n) is 14.3. The van der Waals surface area contributed by atoms with Crippen LogP contribution in [0.5, 0.6) is 5.75 Å². The number of ether oxygens (including phenoxy) is 1. The molecule has 0 bridgehead atoms. The van der Waals surface area contributed by atoms with Gasteiger partial charge >= 0.3 is 0 Å². The number of aryl methyl sites for hydroxylation is 2. The summed E-state index contributed by atoms with van der Waals surface area (Å²) in [5, 5.41) is 5.74. The number of amides is 2. The van der Waals surface area contributed by atoms with E-state index in [9.17, 15) is 9.59 Å². The summed E-state index contributed by atoms with van der Waals surface area (Å²) in [5.41, 5.74) is 4.13. The van der Waals surface area contributed by atoms with Gasteiger partial charge in [0, 0.05) is 13.0 Å². The van der Waals surface area contributed by atoms with Gasteiger partial charge in [0.05, 0.1) is 5.69 Å². The van der Waals surface area contributed by atoms with E-state index in [1.807, 2.05) is 30.3 Å². The SMILES string of the molecule is Cc1cccc(CCC(=O)NCCc2ccc3c(c2)NC(=O)CO3)c1. The van der Waals surface area contributed by atoms with Crippen LogP contribution in [0.4, 0.5) is 5.69 Å². The molecular weight excluding hydrogens is 316 g/mol. The highest BCUT2D eigenvalue weighted by atomic mass is 16.5. The Morgan fingerprint density at radius 3 is 2.84 bits per heavy atom. The van der Waals surface area contributed by atoms with Gasteiger partial charge in [-0.3, -0.25) is 9.59 Å². The summed E-state index contributed by atoms with van der Waals surface area (Å²) in [6.45, 7) is 2.68. The summed E-state index contributed by atoms with van der Waals surface area (Å²) in [6, 6.07) is 13.9. The van der Waals surface area contributed by atoms with Crippen LogP contribution in [-0.4, -0.2) is 25.0 Å². The minimum atomic E-state index is -0.144. The Labute approximate surface area is 147 Å². The van der Waals surface area contributed by atoms with E-state index >= 15 is 0 Å². The van der Waals surface area contributed by atoms with Gasteiger partial charge in [0.1, 0.15) is 5.75 Å². The summed E-state index contributed by atoms with van der Waals surface area (Å²) in [7, 11) is 0. The van der Waals surface area contributed by atoms with Crippen LogP contribution in [0.1, 0.15) is 23.1 Å². The van der Waals surface area contributed by atoms with Crippen molar-refractivity contribution in [3.8, 4) is 5.75 Å². The number of fused-ring (bicyclic) bond motifs is 1. The molecule has 1 heterocycles. The third-order valence-electron chi connectivity index (χ3n) is 4.14. The van der Waals surface area contributed by atoms with Crippen molar-refractivity contribution in [2.24, 2.45) is 0 Å². The van der Waals surface area contributed by atoms with Crippen LogP contribution in [0.3, 0.4) is 0 Å². The second-order valence-corrected chi connectivity index (χ2v) is 6.26. The highest BCUT2D eigenvalue weighted by Gasteiger charge is 2.15. The molecule has 0 spiro atoms. The molecule has 5 nitrogen and oxygen atoms in total. The first-order valence-electron chi connectivity index (χ1n) is 8.48. The lowest BCUT2D eigenvalue weighted by Gasteiger charge is -2.18. The van der Waals surface area contributed by atoms with Gasteiger partial charge in [-0.25, -0.2) is 0 Å². The van der Waals surface area contributed by atoms with Gasteiger partial charge in [-0.1, -0.05) is 35.9 Å². The van der Waals surface area contributed by atoms with Crippen LogP contribution in [0, 0.1) is 6.92 Å². The van der Waals surface area contributed by atoms with Crippen molar-refractivity contribution in [3.05, 3.63) is 59.2 Å². The number of rotatable bonds is 6. The molecule has 0 saturated carbocycles.